The van der Waals surface area contributed by atoms with E-state index in [-0.39, 0.29) is 6.42 Å². The first-order chi connectivity index (χ1) is 7.89. The number of alkyl halides is 2. The first kappa shape index (κ1) is 12.1. The highest BCUT2D eigenvalue weighted by molar-refractivity contribution is 6.28. The summed E-state index contributed by atoms with van der Waals surface area (Å²) in [5, 5.41) is 0.636. The van der Waals surface area contributed by atoms with Crippen LogP contribution in [-0.4, -0.2) is 23.1 Å². The van der Waals surface area contributed by atoms with Crippen molar-refractivity contribution in [3.8, 4) is 5.88 Å². The average molecular weight is 259 g/mol. The van der Waals surface area contributed by atoms with Crippen molar-refractivity contribution in [3.05, 3.63) is 18.3 Å². The Bertz CT molecular complexity index is 449. The molecule has 2 atom stereocenters. The molecule has 0 aromatic carbocycles. The van der Waals surface area contributed by atoms with Crippen molar-refractivity contribution in [1.29, 1.82) is 0 Å². The van der Waals surface area contributed by atoms with Gasteiger partial charge in [0.25, 0.3) is 0 Å². The number of pyridine rings is 1. The van der Waals surface area contributed by atoms with Crippen LogP contribution in [0.5, 0.6) is 5.88 Å². The van der Waals surface area contributed by atoms with Crippen LogP contribution in [0.1, 0.15) is 13.3 Å². The van der Waals surface area contributed by atoms with E-state index in [4.69, 9.17) is 16.3 Å². The molecular formula is C11H12ClFN2O2. The van der Waals surface area contributed by atoms with Gasteiger partial charge in [0.15, 0.2) is 5.13 Å². The van der Waals surface area contributed by atoms with Crippen LogP contribution in [0, 0.1) is 5.41 Å². The molecule has 0 saturated heterocycles. The van der Waals surface area contributed by atoms with Gasteiger partial charge in [0, 0.05) is 12.5 Å². The van der Waals surface area contributed by atoms with Gasteiger partial charge in [-0.1, -0.05) is 11.6 Å². The van der Waals surface area contributed by atoms with E-state index in [9.17, 15) is 9.18 Å². The fraction of sp³-hybridized carbons (Fsp3) is 0.455. The van der Waals surface area contributed by atoms with E-state index in [1.807, 2.05) is 0 Å². The van der Waals surface area contributed by atoms with Crippen molar-refractivity contribution in [2.24, 2.45) is 5.41 Å². The number of hydrogen-bond donors (Lipinski definition) is 1. The molecule has 1 aliphatic carbocycles. The lowest BCUT2D eigenvalue weighted by Gasteiger charge is -2.11. The lowest BCUT2D eigenvalue weighted by Crippen LogP contribution is -2.26. The average Bonchev–Trinajstić information content (AvgIpc) is 2.81. The van der Waals surface area contributed by atoms with Crippen LogP contribution in [0.2, 0.25) is 0 Å². The first-order valence-electron chi connectivity index (χ1n) is 5.08. The summed E-state index contributed by atoms with van der Waals surface area (Å²) in [7, 11) is 1.50. The Balaban J connectivity index is 2.04. The summed E-state index contributed by atoms with van der Waals surface area (Å²) in [6, 6.07) is 3.23. The van der Waals surface area contributed by atoms with Crippen LogP contribution in [0.25, 0.3) is 0 Å². The van der Waals surface area contributed by atoms with Gasteiger partial charge in [-0.05, 0) is 13.0 Å². The second kappa shape index (κ2) is 3.84. The predicted molar refractivity (Wildman–Crippen MR) is 61.8 cm³/mol. The number of methoxy groups -OCH3 is 1. The number of anilines is 1. The third-order valence-corrected chi connectivity index (χ3v) is 3.51. The zero-order valence-corrected chi connectivity index (χ0v) is 10.2. The fourth-order valence-electron chi connectivity index (χ4n) is 1.49. The Morgan fingerprint density at radius 3 is 2.71 bits per heavy atom. The maximum absolute atomic E-state index is 13.4. The molecule has 92 valence electrons. The van der Waals surface area contributed by atoms with Gasteiger partial charge in [-0.2, -0.15) is 0 Å². The summed E-state index contributed by atoms with van der Waals surface area (Å²) >= 11 is 5.49. The number of nitrogens with zero attached hydrogens (tertiary/aromatic N) is 1. The summed E-state index contributed by atoms with van der Waals surface area (Å²) in [4.78, 5) is 15.7. The highest BCUT2D eigenvalue weighted by Crippen LogP contribution is 2.62. The number of nitrogens with one attached hydrogen (secondary N) is 1. The second-order valence-corrected chi connectivity index (χ2v) is 4.86. The summed E-state index contributed by atoms with van der Waals surface area (Å²) < 4.78 is 18.3. The SMILES string of the molecule is COc1ccc(NC(=O)C2(C)CC2(F)Cl)cn1. The molecule has 17 heavy (non-hydrogen) atoms. The van der Waals surface area contributed by atoms with Crippen molar-refractivity contribution in [1.82, 2.24) is 4.98 Å². The van der Waals surface area contributed by atoms with E-state index >= 15 is 0 Å². The molecule has 1 aliphatic rings. The monoisotopic (exact) mass is 258 g/mol. The van der Waals surface area contributed by atoms with Crippen molar-refractivity contribution >= 4 is 23.2 Å². The van der Waals surface area contributed by atoms with Gasteiger partial charge in [0.2, 0.25) is 11.8 Å². The number of carbonyl (C=O) groups excluding carboxylic acids is 1. The highest BCUT2D eigenvalue weighted by atomic mass is 35.5. The highest BCUT2D eigenvalue weighted by Gasteiger charge is 2.70. The standard InChI is InChI=1S/C11H12ClFN2O2/c1-10(6-11(10,12)13)9(16)15-7-3-4-8(17-2)14-5-7/h3-5H,6H2,1-2H3,(H,15,16). The van der Waals surface area contributed by atoms with Gasteiger partial charge in [0.1, 0.15) is 0 Å². The van der Waals surface area contributed by atoms with Crippen LogP contribution >= 0.6 is 11.6 Å². The molecule has 2 rings (SSSR count). The minimum atomic E-state index is -1.93. The Morgan fingerprint density at radius 2 is 2.29 bits per heavy atom. The molecule has 1 heterocycles. The molecule has 6 heteroatoms. The minimum absolute atomic E-state index is 0.0248. The molecule has 1 fully saturated rings. The largest absolute Gasteiger partial charge is 0.481 e. The topological polar surface area (TPSA) is 51.2 Å². The van der Waals surface area contributed by atoms with Crippen LogP contribution in [0.3, 0.4) is 0 Å². The number of aromatic nitrogens is 1. The van der Waals surface area contributed by atoms with Crippen LogP contribution in [0.15, 0.2) is 18.3 Å². The maximum Gasteiger partial charge on any atom is 0.235 e. The normalized spacial score (nSPS) is 30.8. The van der Waals surface area contributed by atoms with Crippen molar-refractivity contribution < 1.29 is 13.9 Å². The molecule has 0 radical (unpaired) electrons. The zero-order valence-electron chi connectivity index (χ0n) is 9.46. The van der Waals surface area contributed by atoms with Gasteiger partial charge in [-0.3, -0.25) is 4.79 Å². The molecule has 0 spiro atoms. The van der Waals surface area contributed by atoms with Crippen molar-refractivity contribution in [2.45, 2.75) is 18.5 Å². The van der Waals surface area contributed by atoms with Crippen molar-refractivity contribution in [3.63, 3.8) is 0 Å². The summed E-state index contributed by atoms with van der Waals surface area (Å²) in [5.74, 6) is -0.000203. The van der Waals surface area contributed by atoms with E-state index in [2.05, 4.69) is 10.3 Å². The maximum atomic E-state index is 13.4. The van der Waals surface area contributed by atoms with Gasteiger partial charge in [0.05, 0.1) is 24.4 Å². The van der Waals surface area contributed by atoms with Gasteiger partial charge < -0.3 is 10.1 Å². The number of carbonyl (C=O) groups is 1. The number of halogens is 2. The van der Waals surface area contributed by atoms with Gasteiger partial charge >= 0.3 is 0 Å². The molecular weight excluding hydrogens is 247 g/mol. The fourth-order valence-corrected chi connectivity index (χ4v) is 1.84. The molecule has 1 amide bonds. The van der Waals surface area contributed by atoms with Crippen LogP contribution in [-0.2, 0) is 4.79 Å². The van der Waals surface area contributed by atoms with E-state index in [0.717, 1.165) is 0 Å². The molecule has 0 bridgehead atoms. The Morgan fingerprint density at radius 1 is 1.65 bits per heavy atom. The number of hydrogen-bond acceptors (Lipinski definition) is 3. The minimum Gasteiger partial charge on any atom is -0.481 e. The lowest BCUT2D eigenvalue weighted by atomic mass is 10.1. The smallest absolute Gasteiger partial charge is 0.235 e. The Hall–Kier alpha value is -1.36. The van der Waals surface area contributed by atoms with Crippen LogP contribution < -0.4 is 10.1 Å². The molecule has 1 N–H and O–H groups in total. The molecule has 1 aromatic heterocycles. The third kappa shape index (κ3) is 2.07. The van der Waals surface area contributed by atoms with Gasteiger partial charge in [-0.15, -0.1) is 0 Å². The van der Waals surface area contributed by atoms with E-state index < -0.39 is 16.5 Å². The summed E-state index contributed by atoms with van der Waals surface area (Å²) in [6.45, 7) is 1.49. The third-order valence-electron chi connectivity index (χ3n) is 2.96. The molecule has 4 nitrogen and oxygen atoms in total. The zero-order chi connectivity index (χ0) is 12.7. The van der Waals surface area contributed by atoms with Crippen molar-refractivity contribution in [2.75, 3.05) is 12.4 Å². The Labute approximate surface area is 103 Å². The first-order valence-corrected chi connectivity index (χ1v) is 5.46. The number of rotatable bonds is 3. The molecule has 1 aromatic rings. The summed E-state index contributed by atoms with van der Waals surface area (Å²) in [5.41, 5.74) is -0.675. The van der Waals surface area contributed by atoms with Crippen LogP contribution in [0.4, 0.5) is 10.1 Å². The predicted octanol–water partition coefficient (Wildman–Crippen LogP) is 2.34. The lowest BCUT2D eigenvalue weighted by molar-refractivity contribution is -0.121. The van der Waals surface area contributed by atoms with E-state index in [1.54, 1.807) is 12.1 Å². The number of ether oxygens (including phenoxy) is 1. The Kier molecular flexibility index (Phi) is 2.73. The quantitative estimate of drug-likeness (QED) is 0.847. The second-order valence-electron chi connectivity index (χ2n) is 4.26. The number of amides is 1. The van der Waals surface area contributed by atoms with Gasteiger partial charge in [-0.25, -0.2) is 9.37 Å². The molecule has 0 aliphatic heterocycles. The molecule has 2 unspecified atom stereocenters. The van der Waals surface area contributed by atoms with E-state index in [1.165, 1.54) is 20.2 Å². The summed E-state index contributed by atoms with van der Waals surface area (Å²) in [6.07, 6.45) is 1.47. The molecule has 1 saturated carbocycles. The van der Waals surface area contributed by atoms with E-state index in [0.29, 0.717) is 11.6 Å².